The van der Waals surface area contributed by atoms with Gasteiger partial charge in [-0.1, -0.05) is 44.9 Å². The summed E-state index contributed by atoms with van der Waals surface area (Å²) in [4.78, 5) is 18.3. The zero-order chi connectivity index (χ0) is 34.1. The molecule has 48 heavy (non-hydrogen) atoms. The average molecular weight is 698 g/mol. The van der Waals surface area contributed by atoms with Gasteiger partial charge in [0.1, 0.15) is 5.75 Å². The number of rotatable bonds is 2. The van der Waals surface area contributed by atoms with Gasteiger partial charge in [-0.05, 0) is 116 Å². The molecular weight excluding hydrogens is 646 g/mol. The third-order valence-corrected chi connectivity index (χ3v) is 14.6. The van der Waals surface area contributed by atoms with Crippen molar-refractivity contribution in [3.63, 3.8) is 0 Å². The van der Waals surface area contributed by atoms with E-state index in [0.29, 0.717) is 43.9 Å². The lowest BCUT2D eigenvalue weighted by Crippen LogP contribution is -2.62. The number of anilines is 1. The number of hydrogen-bond acceptors (Lipinski definition) is 7. The van der Waals surface area contributed by atoms with Crippen molar-refractivity contribution < 1.29 is 23.1 Å². The average Bonchev–Trinajstić information content (AvgIpc) is 3.14. The number of carbonyl (C=O) groups excluding carboxylic acids is 1. The molecule has 1 saturated heterocycles. The number of ether oxygens (including phenoxy) is 1. The summed E-state index contributed by atoms with van der Waals surface area (Å²) in [6.45, 7) is 12.7. The van der Waals surface area contributed by atoms with Gasteiger partial charge in [-0.15, -0.1) is 0 Å². The van der Waals surface area contributed by atoms with E-state index in [9.17, 15) is 18.3 Å². The Bertz CT molecular complexity index is 1670. The second kappa shape index (κ2) is 12.5. The van der Waals surface area contributed by atoms with E-state index in [0.717, 1.165) is 68.9 Å². The van der Waals surface area contributed by atoms with E-state index in [1.165, 1.54) is 11.1 Å². The number of benzene rings is 2. The van der Waals surface area contributed by atoms with Crippen LogP contribution in [0.2, 0.25) is 5.02 Å². The van der Waals surface area contributed by atoms with E-state index >= 15 is 0 Å². The monoisotopic (exact) mass is 697 g/mol. The Balaban J connectivity index is 1.28. The van der Waals surface area contributed by atoms with Crippen molar-refractivity contribution in [2.24, 2.45) is 23.2 Å². The van der Waals surface area contributed by atoms with Gasteiger partial charge in [0, 0.05) is 48.7 Å². The molecule has 3 aliphatic heterocycles. The van der Waals surface area contributed by atoms with Crippen molar-refractivity contribution in [2.45, 2.75) is 95.3 Å². The lowest BCUT2D eigenvalue weighted by molar-refractivity contribution is -0.128. The maximum absolute atomic E-state index is 13.5. The minimum absolute atomic E-state index is 0.137. The maximum atomic E-state index is 13.5. The number of carbonyl (C=O) groups is 1. The molecule has 6 atom stereocenters. The van der Waals surface area contributed by atoms with Crippen molar-refractivity contribution in [1.82, 2.24) is 9.62 Å². The molecule has 2 aromatic rings. The van der Waals surface area contributed by atoms with Crippen LogP contribution in [0.5, 0.6) is 5.75 Å². The highest BCUT2D eigenvalue weighted by molar-refractivity contribution is 7.90. The van der Waals surface area contributed by atoms with Crippen LogP contribution in [0, 0.1) is 23.2 Å². The fraction of sp³-hybridized carbons (Fsp3) is 0.658. The third kappa shape index (κ3) is 6.38. The minimum atomic E-state index is -3.93. The number of amides is 1. The Morgan fingerprint density at radius 1 is 1.02 bits per heavy atom. The summed E-state index contributed by atoms with van der Waals surface area (Å²) >= 11 is 6.46. The van der Waals surface area contributed by atoms with Gasteiger partial charge < -0.3 is 14.7 Å². The first kappa shape index (κ1) is 34.1. The summed E-state index contributed by atoms with van der Waals surface area (Å²) in [7, 11) is -3.93. The highest BCUT2D eigenvalue weighted by Crippen LogP contribution is 2.49. The first-order valence-corrected chi connectivity index (χ1v) is 19.9. The number of likely N-dealkylation sites (tertiary alicyclic amines) is 1. The van der Waals surface area contributed by atoms with Crippen LogP contribution in [0.25, 0.3) is 0 Å². The van der Waals surface area contributed by atoms with Crippen LogP contribution in [0.15, 0.2) is 36.4 Å². The molecule has 2 aliphatic carbocycles. The fourth-order valence-electron chi connectivity index (χ4n) is 9.63. The van der Waals surface area contributed by atoms with Crippen LogP contribution < -0.4 is 14.4 Å². The molecule has 262 valence electrons. The molecular formula is C38H52ClN3O5S. The molecule has 2 bridgehead atoms. The second-order valence-electron chi connectivity index (χ2n) is 16.7. The van der Waals surface area contributed by atoms with Gasteiger partial charge in [-0.2, -0.15) is 0 Å². The summed E-state index contributed by atoms with van der Waals surface area (Å²) in [5, 5.41) is 12.6. The number of β-amino-alcohol motifs (C(OH)–C–C–N with tert-alkyl or cyclic N) is 1. The number of nitrogens with zero attached hydrogens (tertiary/aromatic N) is 2. The molecule has 1 spiro atoms. The van der Waals surface area contributed by atoms with Crippen LogP contribution in [-0.4, -0.2) is 74.5 Å². The van der Waals surface area contributed by atoms with Crippen molar-refractivity contribution in [2.75, 3.05) is 44.2 Å². The number of aryl methyl sites for hydroxylation is 1. The molecule has 7 rings (SSSR count). The molecule has 1 amide bonds. The Labute approximate surface area is 291 Å². The van der Waals surface area contributed by atoms with Crippen LogP contribution in [0.3, 0.4) is 0 Å². The Kier molecular flexibility index (Phi) is 8.86. The molecule has 2 aromatic carbocycles. The van der Waals surface area contributed by atoms with Gasteiger partial charge >= 0.3 is 0 Å². The van der Waals surface area contributed by atoms with Gasteiger partial charge in [-0.25, -0.2) is 13.1 Å². The SMILES string of the molecule is C[C@@H]1[C@@H](C)CCC[C@@](O)(CN2CC(C)(C)C2)[C@@H]2CC[C@H]2CN2C[C@@]3(CCCc4cc(Cl)ccc43)COc3ccc(cc32)C(=O)NS1(=O)=O. The van der Waals surface area contributed by atoms with Gasteiger partial charge in [-0.3, -0.25) is 9.69 Å². The lowest BCUT2D eigenvalue weighted by Gasteiger charge is -2.54. The number of sulfonamides is 1. The van der Waals surface area contributed by atoms with Gasteiger partial charge in [0.25, 0.3) is 5.91 Å². The predicted octanol–water partition coefficient (Wildman–Crippen LogP) is 6.18. The Morgan fingerprint density at radius 2 is 1.81 bits per heavy atom. The van der Waals surface area contributed by atoms with Gasteiger partial charge in [0.15, 0.2) is 0 Å². The highest BCUT2D eigenvalue weighted by Gasteiger charge is 2.51. The second-order valence-corrected chi connectivity index (χ2v) is 19.2. The smallest absolute Gasteiger partial charge is 0.264 e. The van der Waals surface area contributed by atoms with E-state index < -0.39 is 26.8 Å². The van der Waals surface area contributed by atoms with Crippen molar-refractivity contribution in [3.8, 4) is 5.75 Å². The number of halogens is 1. The molecule has 8 nitrogen and oxygen atoms in total. The van der Waals surface area contributed by atoms with E-state index in [-0.39, 0.29) is 28.6 Å². The fourth-order valence-corrected chi connectivity index (χ4v) is 11.1. The summed E-state index contributed by atoms with van der Waals surface area (Å²) in [6.07, 6.45) is 7.02. The molecule has 1 saturated carbocycles. The predicted molar refractivity (Wildman–Crippen MR) is 190 cm³/mol. The van der Waals surface area contributed by atoms with Crippen molar-refractivity contribution in [1.29, 1.82) is 0 Å². The topological polar surface area (TPSA) is 99.2 Å². The van der Waals surface area contributed by atoms with Gasteiger partial charge in [0.05, 0.1) is 23.1 Å². The van der Waals surface area contributed by atoms with E-state index in [1.54, 1.807) is 13.0 Å². The summed E-state index contributed by atoms with van der Waals surface area (Å²) < 4.78 is 35.9. The molecule has 2 fully saturated rings. The third-order valence-electron chi connectivity index (χ3n) is 12.5. The summed E-state index contributed by atoms with van der Waals surface area (Å²) in [5.74, 6) is 0.326. The van der Waals surface area contributed by atoms with Crippen molar-refractivity contribution in [3.05, 3.63) is 58.1 Å². The van der Waals surface area contributed by atoms with E-state index in [4.69, 9.17) is 16.3 Å². The Hall–Kier alpha value is -2.33. The zero-order valence-corrected chi connectivity index (χ0v) is 30.5. The molecule has 0 unspecified atom stereocenters. The first-order chi connectivity index (χ1) is 22.7. The number of aliphatic hydroxyl groups is 1. The standard InChI is InChI=1S/C38H52ClN3O5S/c1-25-7-5-16-38(44,23-41-20-36(3,4)21-41)32-12-9-29(32)19-42-22-37(15-6-8-27-17-30(39)11-13-31(27)37)24-47-34-14-10-28(18-33(34)42)35(43)40-48(45,46)26(25)2/h10-11,13-14,17-18,25-26,29,32,44H,5-9,12,15-16,19-24H2,1-4H3,(H,40,43)/t25-,26+,29-,32+,37-,38+/m0/s1. The normalized spacial score (nSPS) is 34.8. The van der Waals surface area contributed by atoms with E-state index in [1.807, 2.05) is 25.1 Å². The van der Waals surface area contributed by atoms with Crippen LogP contribution in [-0.2, 0) is 21.9 Å². The number of nitrogens with one attached hydrogen (secondary N) is 1. The molecule has 3 heterocycles. The highest BCUT2D eigenvalue weighted by atomic mass is 35.5. The van der Waals surface area contributed by atoms with Crippen LogP contribution >= 0.6 is 11.6 Å². The Morgan fingerprint density at radius 3 is 2.54 bits per heavy atom. The quantitative estimate of drug-likeness (QED) is 0.387. The zero-order valence-electron chi connectivity index (χ0n) is 28.9. The summed E-state index contributed by atoms with van der Waals surface area (Å²) in [6, 6.07) is 11.5. The number of fused-ring (bicyclic) bond motifs is 4. The maximum Gasteiger partial charge on any atom is 0.264 e. The largest absolute Gasteiger partial charge is 0.490 e. The van der Waals surface area contributed by atoms with E-state index in [2.05, 4.69) is 40.5 Å². The molecule has 5 aliphatic rings. The van der Waals surface area contributed by atoms with Gasteiger partial charge in [0.2, 0.25) is 10.0 Å². The van der Waals surface area contributed by atoms with Crippen LogP contribution in [0.4, 0.5) is 5.69 Å². The van der Waals surface area contributed by atoms with Crippen molar-refractivity contribution >= 4 is 33.2 Å². The molecule has 0 aromatic heterocycles. The molecule has 10 heteroatoms. The molecule has 0 radical (unpaired) electrons. The van der Waals surface area contributed by atoms with Crippen LogP contribution in [0.1, 0.15) is 94.1 Å². The summed E-state index contributed by atoms with van der Waals surface area (Å²) in [5.41, 5.74) is 2.78. The first-order valence-electron chi connectivity index (χ1n) is 18.0. The molecule has 2 N–H and O–H groups in total. The number of hydrogen-bond donors (Lipinski definition) is 2. The minimum Gasteiger partial charge on any atom is -0.490 e. The lowest BCUT2D eigenvalue weighted by atomic mass is 9.62.